The molecule has 0 N–H and O–H groups in total. The molecule has 1 saturated heterocycles. The van der Waals surface area contributed by atoms with Crippen LogP contribution in [0.4, 0.5) is 5.82 Å². The van der Waals surface area contributed by atoms with Crippen LogP contribution in [0.5, 0.6) is 11.6 Å². The van der Waals surface area contributed by atoms with Crippen LogP contribution in [0.25, 0.3) is 0 Å². The topological polar surface area (TPSA) is 58.6 Å². The predicted octanol–water partition coefficient (Wildman–Crippen LogP) is 4.25. The number of carbonyl (C=O) groups is 1. The van der Waals surface area contributed by atoms with E-state index in [-0.39, 0.29) is 5.91 Å². The summed E-state index contributed by atoms with van der Waals surface area (Å²) in [4.78, 5) is 25.9. The zero-order valence-corrected chi connectivity index (χ0v) is 16.9. The molecule has 1 aliphatic rings. The number of carbonyl (C=O) groups excluding carboxylic acids is 1. The number of aryl methyl sites for hydroxylation is 1. The third-order valence-corrected chi connectivity index (χ3v) is 5.88. The molecule has 0 unspecified atom stereocenters. The van der Waals surface area contributed by atoms with Crippen molar-refractivity contribution < 1.29 is 9.53 Å². The van der Waals surface area contributed by atoms with Gasteiger partial charge in [0.05, 0.1) is 4.88 Å². The van der Waals surface area contributed by atoms with E-state index in [1.807, 2.05) is 47.5 Å². The fourth-order valence-electron chi connectivity index (χ4n) is 3.05. The lowest BCUT2D eigenvalue weighted by Gasteiger charge is -2.35. The first kappa shape index (κ1) is 18.7. The van der Waals surface area contributed by atoms with Crippen molar-refractivity contribution in [2.24, 2.45) is 0 Å². The molecule has 3 aromatic rings. The first-order valence-electron chi connectivity index (χ1n) is 8.94. The third kappa shape index (κ3) is 4.10. The first-order valence-corrected chi connectivity index (χ1v) is 10.2. The highest BCUT2D eigenvalue weighted by Gasteiger charge is 2.23. The number of piperazine rings is 1. The van der Waals surface area contributed by atoms with Gasteiger partial charge in [0, 0.05) is 37.3 Å². The lowest BCUT2D eigenvalue weighted by Crippen LogP contribution is -2.48. The van der Waals surface area contributed by atoms with E-state index in [1.54, 1.807) is 6.07 Å². The number of hydrogen-bond acceptors (Lipinski definition) is 6. The smallest absolute Gasteiger partial charge is 0.264 e. The molecular formula is C20H19ClN4O2S. The van der Waals surface area contributed by atoms with Crippen molar-refractivity contribution in [2.75, 3.05) is 31.1 Å². The van der Waals surface area contributed by atoms with E-state index < -0.39 is 0 Å². The predicted molar refractivity (Wildman–Crippen MR) is 111 cm³/mol. The first-order chi connectivity index (χ1) is 13.6. The average molecular weight is 415 g/mol. The highest BCUT2D eigenvalue weighted by atomic mass is 35.5. The second kappa shape index (κ2) is 8.16. The fraction of sp³-hybridized carbons (Fsp3) is 0.250. The number of aromatic nitrogens is 2. The molecule has 1 amide bonds. The van der Waals surface area contributed by atoms with Crippen molar-refractivity contribution >= 4 is 34.7 Å². The molecule has 144 valence electrons. The molecule has 3 heterocycles. The lowest BCUT2D eigenvalue weighted by atomic mass is 10.2. The molecule has 1 aliphatic heterocycles. The molecule has 0 bridgehead atoms. The molecule has 0 radical (unpaired) electrons. The summed E-state index contributed by atoms with van der Waals surface area (Å²) < 4.78 is 5.85. The van der Waals surface area contributed by atoms with Gasteiger partial charge in [-0.3, -0.25) is 4.79 Å². The Morgan fingerprint density at radius 3 is 2.68 bits per heavy atom. The second-order valence-electron chi connectivity index (χ2n) is 6.48. The van der Waals surface area contributed by atoms with Crippen molar-refractivity contribution in [3.63, 3.8) is 0 Å². The maximum atomic E-state index is 12.5. The molecule has 0 saturated carbocycles. The number of ether oxygens (including phenoxy) is 1. The molecule has 2 aromatic heterocycles. The van der Waals surface area contributed by atoms with Crippen LogP contribution in [0.1, 0.15) is 15.2 Å². The number of halogens is 1. The summed E-state index contributed by atoms with van der Waals surface area (Å²) in [7, 11) is 0. The Morgan fingerprint density at radius 2 is 1.96 bits per heavy atom. The highest BCUT2D eigenvalue weighted by Crippen LogP contribution is 2.26. The maximum Gasteiger partial charge on any atom is 0.264 e. The van der Waals surface area contributed by atoms with Gasteiger partial charge in [-0.15, -0.1) is 11.3 Å². The van der Waals surface area contributed by atoms with Crippen molar-refractivity contribution in [3.8, 4) is 11.6 Å². The van der Waals surface area contributed by atoms with E-state index in [4.69, 9.17) is 16.3 Å². The second-order valence-corrected chi connectivity index (χ2v) is 7.84. The molecular weight excluding hydrogens is 396 g/mol. The fourth-order valence-corrected chi connectivity index (χ4v) is 3.86. The summed E-state index contributed by atoms with van der Waals surface area (Å²) in [5.74, 6) is 2.04. The van der Waals surface area contributed by atoms with E-state index in [1.165, 1.54) is 17.7 Å². The molecule has 0 spiro atoms. The van der Waals surface area contributed by atoms with Gasteiger partial charge in [0.15, 0.2) is 0 Å². The van der Waals surface area contributed by atoms with Gasteiger partial charge in [-0.25, -0.2) is 9.97 Å². The Labute approximate surface area is 172 Å². The summed E-state index contributed by atoms with van der Waals surface area (Å²) in [6, 6.07) is 11.1. The van der Waals surface area contributed by atoms with E-state index in [9.17, 15) is 4.79 Å². The summed E-state index contributed by atoms with van der Waals surface area (Å²) in [6.07, 6.45) is 1.50. The molecule has 6 nitrogen and oxygen atoms in total. The SMILES string of the molecule is Cc1cc(Oc2cc(N3CCN(C(=O)c4cccs4)CC3)ncn2)ccc1Cl. The highest BCUT2D eigenvalue weighted by molar-refractivity contribution is 7.12. The minimum absolute atomic E-state index is 0.0967. The Morgan fingerprint density at radius 1 is 1.14 bits per heavy atom. The Bertz CT molecular complexity index is 972. The molecule has 4 rings (SSSR count). The van der Waals surface area contributed by atoms with E-state index in [0.29, 0.717) is 42.8 Å². The van der Waals surface area contributed by atoms with Gasteiger partial charge < -0.3 is 14.5 Å². The van der Waals surface area contributed by atoms with Crippen LogP contribution in [0.3, 0.4) is 0 Å². The van der Waals surface area contributed by atoms with E-state index in [0.717, 1.165) is 16.3 Å². The van der Waals surface area contributed by atoms with Crippen LogP contribution in [0.2, 0.25) is 5.02 Å². The zero-order chi connectivity index (χ0) is 19.5. The van der Waals surface area contributed by atoms with Crippen molar-refractivity contribution in [3.05, 3.63) is 63.6 Å². The van der Waals surface area contributed by atoms with Gasteiger partial charge in [0.1, 0.15) is 17.9 Å². The number of benzene rings is 1. The molecule has 1 fully saturated rings. The van der Waals surface area contributed by atoms with Crippen LogP contribution in [-0.2, 0) is 0 Å². The van der Waals surface area contributed by atoms with E-state index in [2.05, 4.69) is 14.9 Å². The minimum atomic E-state index is 0.0967. The Hall–Kier alpha value is -2.64. The number of thiophene rings is 1. The molecule has 1 aromatic carbocycles. The van der Waals surface area contributed by atoms with Gasteiger partial charge in [-0.05, 0) is 42.1 Å². The van der Waals surface area contributed by atoms with Gasteiger partial charge in [0.25, 0.3) is 5.91 Å². The summed E-state index contributed by atoms with van der Waals surface area (Å²) in [5, 5.41) is 2.62. The number of amides is 1. The Balaban J connectivity index is 1.41. The number of hydrogen-bond donors (Lipinski definition) is 0. The van der Waals surface area contributed by atoms with Crippen LogP contribution < -0.4 is 9.64 Å². The zero-order valence-electron chi connectivity index (χ0n) is 15.3. The number of anilines is 1. The summed E-state index contributed by atoms with van der Waals surface area (Å²) in [6.45, 7) is 4.68. The summed E-state index contributed by atoms with van der Waals surface area (Å²) in [5.41, 5.74) is 0.944. The quantitative estimate of drug-likeness (QED) is 0.638. The maximum absolute atomic E-state index is 12.5. The van der Waals surface area contributed by atoms with Gasteiger partial charge in [0.2, 0.25) is 5.88 Å². The monoisotopic (exact) mass is 414 g/mol. The van der Waals surface area contributed by atoms with Crippen molar-refractivity contribution in [1.29, 1.82) is 0 Å². The van der Waals surface area contributed by atoms with E-state index >= 15 is 0 Å². The standard InChI is InChI=1S/C20H19ClN4O2S/c1-14-11-15(4-5-16(14)21)27-19-12-18(22-13-23-19)24-6-8-25(9-7-24)20(26)17-3-2-10-28-17/h2-5,10-13H,6-9H2,1H3. The van der Waals surface area contributed by atoms with Crippen LogP contribution >= 0.6 is 22.9 Å². The molecule has 8 heteroatoms. The molecule has 0 aliphatic carbocycles. The van der Waals surface area contributed by atoms with Crippen LogP contribution in [0, 0.1) is 6.92 Å². The molecule has 0 atom stereocenters. The average Bonchev–Trinajstić information content (AvgIpc) is 3.25. The largest absolute Gasteiger partial charge is 0.439 e. The van der Waals surface area contributed by atoms with Crippen molar-refractivity contribution in [2.45, 2.75) is 6.92 Å². The summed E-state index contributed by atoms with van der Waals surface area (Å²) >= 11 is 7.54. The normalized spacial score (nSPS) is 14.2. The third-order valence-electron chi connectivity index (χ3n) is 4.60. The van der Waals surface area contributed by atoms with Gasteiger partial charge >= 0.3 is 0 Å². The van der Waals surface area contributed by atoms with Gasteiger partial charge in [-0.2, -0.15) is 0 Å². The number of rotatable bonds is 4. The lowest BCUT2D eigenvalue weighted by molar-refractivity contribution is 0.0751. The van der Waals surface area contributed by atoms with Gasteiger partial charge in [-0.1, -0.05) is 17.7 Å². The van der Waals surface area contributed by atoms with Crippen LogP contribution in [0.15, 0.2) is 48.1 Å². The Kier molecular flexibility index (Phi) is 5.45. The van der Waals surface area contributed by atoms with Crippen LogP contribution in [-0.4, -0.2) is 47.0 Å². The number of nitrogens with zero attached hydrogens (tertiary/aromatic N) is 4. The minimum Gasteiger partial charge on any atom is -0.439 e. The molecule has 28 heavy (non-hydrogen) atoms. The van der Waals surface area contributed by atoms with Crippen molar-refractivity contribution in [1.82, 2.24) is 14.9 Å².